The maximum atomic E-state index is 6.49. The van der Waals surface area contributed by atoms with Gasteiger partial charge >= 0.3 is 0 Å². The Morgan fingerprint density at radius 1 is 0.870 bits per heavy atom. The van der Waals surface area contributed by atoms with E-state index in [1.54, 1.807) is 0 Å². The quantitative estimate of drug-likeness (QED) is 0.785. The van der Waals surface area contributed by atoms with E-state index in [2.05, 4.69) is 39.0 Å². The molecule has 0 aromatic heterocycles. The van der Waals surface area contributed by atoms with Crippen molar-refractivity contribution in [3.63, 3.8) is 0 Å². The molecule has 1 fully saturated rings. The Bertz CT molecular complexity index is 745. The van der Waals surface area contributed by atoms with Crippen molar-refractivity contribution < 1.29 is 9.47 Å². The highest BCUT2D eigenvalue weighted by atomic mass is 16.8. The fourth-order valence-electron chi connectivity index (χ4n) is 3.59. The highest BCUT2D eigenvalue weighted by molar-refractivity contribution is 5.82. The summed E-state index contributed by atoms with van der Waals surface area (Å²) >= 11 is 0. The zero-order valence-electron chi connectivity index (χ0n) is 13.7. The Kier molecular flexibility index (Phi) is 3.19. The molecule has 2 aromatic rings. The van der Waals surface area contributed by atoms with E-state index in [1.165, 1.54) is 0 Å². The van der Waals surface area contributed by atoms with Crippen LogP contribution in [0.5, 0.6) is 0 Å². The summed E-state index contributed by atoms with van der Waals surface area (Å²) in [5.41, 5.74) is 2.58. The van der Waals surface area contributed by atoms with Gasteiger partial charge in [0.1, 0.15) is 0 Å². The molecule has 1 spiro atoms. The molecule has 0 amide bonds. The van der Waals surface area contributed by atoms with Crippen LogP contribution < -0.4 is 0 Å². The number of rotatable bonds is 1. The van der Waals surface area contributed by atoms with Crippen LogP contribution in [0, 0.1) is 0 Å². The first kappa shape index (κ1) is 14.6. The van der Waals surface area contributed by atoms with Gasteiger partial charge in [-0.15, -0.1) is 0 Å². The van der Waals surface area contributed by atoms with Gasteiger partial charge in [-0.05, 0) is 32.4 Å². The normalized spacial score (nSPS) is 31.3. The lowest BCUT2D eigenvalue weighted by Gasteiger charge is -2.45. The fraction of sp³-hybridized carbons (Fsp3) is 0.350. The third kappa shape index (κ3) is 1.93. The Balaban J connectivity index is 1.97. The molecule has 0 radical (unpaired) electrons. The third-order valence-electron chi connectivity index (χ3n) is 5.14. The minimum Gasteiger partial charge on any atom is -0.339 e. The summed E-state index contributed by atoms with van der Waals surface area (Å²) < 4.78 is 13.0. The second kappa shape index (κ2) is 5.02. The highest BCUT2D eigenvalue weighted by Gasteiger charge is 2.60. The lowest BCUT2D eigenvalue weighted by molar-refractivity contribution is -0.211. The molecule has 2 aliphatic rings. The van der Waals surface area contributed by atoms with Crippen LogP contribution in [-0.4, -0.2) is 18.4 Å². The average molecular weight is 307 g/mol. The number of nitrogens with zero attached hydrogens (tertiary/aromatic N) is 1. The van der Waals surface area contributed by atoms with Gasteiger partial charge in [0.05, 0.1) is 23.3 Å². The van der Waals surface area contributed by atoms with Crippen LogP contribution in [0.25, 0.3) is 0 Å². The molecule has 0 aliphatic carbocycles. The number of benzene rings is 2. The van der Waals surface area contributed by atoms with E-state index < -0.39 is 11.2 Å². The second-order valence-corrected chi connectivity index (χ2v) is 6.61. The predicted octanol–water partition coefficient (Wildman–Crippen LogP) is 4.34. The van der Waals surface area contributed by atoms with E-state index in [4.69, 9.17) is 14.5 Å². The van der Waals surface area contributed by atoms with Crippen molar-refractivity contribution in [3.8, 4) is 0 Å². The second-order valence-electron chi connectivity index (χ2n) is 6.61. The molecule has 3 heteroatoms. The molecule has 3 nitrogen and oxygen atoms in total. The third-order valence-corrected chi connectivity index (χ3v) is 5.14. The molecule has 1 saturated heterocycles. The molecule has 0 saturated carbocycles. The maximum absolute atomic E-state index is 6.49. The number of hydrogen-bond acceptors (Lipinski definition) is 3. The van der Waals surface area contributed by atoms with Crippen molar-refractivity contribution in [1.82, 2.24) is 0 Å². The van der Waals surface area contributed by atoms with Crippen LogP contribution in [0.15, 0.2) is 59.6 Å². The first-order valence-corrected chi connectivity index (χ1v) is 8.13. The predicted molar refractivity (Wildman–Crippen MR) is 91.2 cm³/mol. The van der Waals surface area contributed by atoms with Crippen LogP contribution in [0.4, 0.5) is 5.69 Å². The molecular formula is C20H21NO2. The number of para-hydroxylation sites is 1. The van der Waals surface area contributed by atoms with E-state index in [-0.39, 0.29) is 12.2 Å². The van der Waals surface area contributed by atoms with Gasteiger partial charge in [-0.1, -0.05) is 48.5 Å². The number of ether oxygens (including phenoxy) is 2. The maximum Gasteiger partial charge on any atom is 0.212 e. The summed E-state index contributed by atoms with van der Waals surface area (Å²) in [5, 5.41) is 0. The molecular weight excluding hydrogens is 286 g/mol. The molecule has 2 aliphatic heterocycles. The summed E-state index contributed by atoms with van der Waals surface area (Å²) in [4.78, 5) is 4.71. The number of aliphatic imine (C=N–C) groups is 1. The monoisotopic (exact) mass is 307 g/mol. The largest absolute Gasteiger partial charge is 0.339 e. The fourth-order valence-corrected chi connectivity index (χ4v) is 3.59. The van der Waals surface area contributed by atoms with Crippen molar-refractivity contribution in [2.75, 3.05) is 0 Å². The molecule has 2 aromatic carbocycles. The Morgan fingerprint density at radius 3 is 2.17 bits per heavy atom. The van der Waals surface area contributed by atoms with Gasteiger partial charge in [0.2, 0.25) is 5.79 Å². The zero-order chi connectivity index (χ0) is 16.1. The van der Waals surface area contributed by atoms with Crippen molar-refractivity contribution in [2.45, 2.75) is 44.2 Å². The summed E-state index contributed by atoms with van der Waals surface area (Å²) in [6.07, 6.45) is 2.03. The zero-order valence-corrected chi connectivity index (χ0v) is 13.7. The van der Waals surface area contributed by atoms with Gasteiger partial charge in [-0.2, -0.15) is 0 Å². The standard InChI is InChI=1S/C20H21NO2/c1-14-15(2)23-20(22-14)17-11-7-8-12-18(17)21-13-19(20,3)16-9-5-4-6-10-16/h4-15H,1-3H3/t14-,15-,19-/m1/s1. The lowest BCUT2D eigenvalue weighted by atomic mass is 9.71. The molecule has 3 atom stereocenters. The first-order valence-electron chi connectivity index (χ1n) is 8.13. The summed E-state index contributed by atoms with van der Waals surface area (Å²) in [6.45, 7) is 6.28. The lowest BCUT2D eigenvalue weighted by Crippen LogP contribution is -2.51. The van der Waals surface area contributed by atoms with E-state index in [9.17, 15) is 0 Å². The van der Waals surface area contributed by atoms with Gasteiger partial charge in [-0.25, -0.2) is 0 Å². The minimum absolute atomic E-state index is 0.0255. The molecule has 118 valence electrons. The van der Waals surface area contributed by atoms with Crippen LogP contribution >= 0.6 is 0 Å². The van der Waals surface area contributed by atoms with E-state index in [0.29, 0.717) is 0 Å². The van der Waals surface area contributed by atoms with E-state index >= 15 is 0 Å². The summed E-state index contributed by atoms with van der Waals surface area (Å²) in [5.74, 6) is -0.842. The Hall–Kier alpha value is -1.97. The molecule has 0 unspecified atom stereocenters. The molecule has 2 heterocycles. The molecule has 0 N–H and O–H groups in total. The molecule has 4 rings (SSSR count). The topological polar surface area (TPSA) is 30.8 Å². The minimum atomic E-state index is -0.842. The summed E-state index contributed by atoms with van der Waals surface area (Å²) in [6, 6.07) is 18.4. The van der Waals surface area contributed by atoms with Crippen molar-refractivity contribution >= 4 is 11.9 Å². The van der Waals surface area contributed by atoms with E-state index in [1.807, 2.05) is 42.6 Å². The summed E-state index contributed by atoms with van der Waals surface area (Å²) in [7, 11) is 0. The van der Waals surface area contributed by atoms with E-state index in [0.717, 1.165) is 16.8 Å². The smallest absolute Gasteiger partial charge is 0.212 e. The van der Waals surface area contributed by atoms with Gasteiger partial charge in [-0.3, -0.25) is 4.99 Å². The molecule has 23 heavy (non-hydrogen) atoms. The van der Waals surface area contributed by atoms with Crippen LogP contribution in [0.1, 0.15) is 31.9 Å². The first-order chi connectivity index (χ1) is 11.1. The Morgan fingerprint density at radius 2 is 1.48 bits per heavy atom. The van der Waals surface area contributed by atoms with Gasteiger partial charge < -0.3 is 9.47 Å². The van der Waals surface area contributed by atoms with Crippen LogP contribution in [-0.2, 0) is 20.7 Å². The van der Waals surface area contributed by atoms with Crippen molar-refractivity contribution in [2.24, 2.45) is 4.99 Å². The van der Waals surface area contributed by atoms with Crippen molar-refractivity contribution in [3.05, 3.63) is 65.7 Å². The van der Waals surface area contributed by atoms with Gasteiger partial charge in [0.25, 0.3) is 0 Å². The van der Waals surface area contributed by atoms with Crippen LogP contribution in [0.3, 0.4) is 0 Å². The highest BCUT2D eigenvalue weighted by Crippen LogP contribution is 2.55. The Labute approximate surface area is 137 Å². The number of fused-ring (bicyclic) bond motifs is 2. The van der Waals surface area contributed by atoms with Crippen LogP contribution in [0.2, 0.25) is 0 Å². The van der Waals surface area contributed by atoms with Gasteiger partial charge in [0, 0.05) is 11.8 Å². The average Bonchev–Trinajstić information content (AvgIpc) is 2.89. The SMILES string of the molecule is C[C@H]1OC2(O[C@@H]1C)c1ccccc1N=C[C@]2(C)c1ccccc1. The van der Waals surface area contributed by atoms with Crippen molar-refractivity contribution in [1.29, 1.82) is 0 Å². The number of hydrogen-bond donors (Lipinski definition) is 0. The van der Waals surface area contributed by atoms with Gasteiger partial charge in [0.15, 0.2) is 0 Å². The molecule has 0 bridgehead atoms.